The fourth-order valence-corrected chi connectivity index (χ4v) is 1.67. The number of ether oxygens (including phenoxy) is 2. The first kappa shape index (κ1) is 16.1. The van der Waals surface area contributed by atoms with E-state index in [1.54, 1.807) is 6.92 Å². The third-order valence-electron chi connectivity index (χ3n) is 2.63. The minimum Gasteiger partial charge on any atom is -0.464 e. The van der Waals surface area contributed by atoms with Crippen LogP contribution in [0.4, 0.5) is 0 Å². The van der Waals surface area contributed by atoms with Crippen LogP contribution >= 0.6 is 0 Å². The maximum atomic E-state index is 12.0. The summed E-state index contributed by atoms with van der Waals surface area (Å²) in [6.07, 6.45) is 0. The maximum absolute atomic E-state index is 12.0. The van der Waals surface area contributed by atoms with Crippen molar-refractivity contribution in [1.29, 1.82) is 0 Å². The molecular formula is C12H20N4O4. The Morgan fingerprint density at radius 3 is 2.45 bits per heavy atom. The Balaban J connectivity index is 3.08. The highest BCUT2D eigenvalue weighted by Gasteiger charge is 2.26. The van der Waals surface area contributed by atoms with Crippen LogP contribution in [0.3, 0.4) is 0 Å². The number of methoxy groups -OCH3 is 2. The lowest BCUT2D eigenvalue weighted by Crippen LogP contribution is -2.36. The van der Waals surface area contributed by atoms with E-state index in [1.165, 1.54) is 18.9 Å². The van der Waals surface area contributed by atoms with Crippen LogP contribution in [-0.4, -0.2) is 47.1 Å². The second kappa shape index (κ2) is 6.99. The lowest BCUT2D eigenvalue weighted by atomic mass is 10.2. The summed E-state index contributed by atoms with van der Waals surface area (Å²) < 4.78 is 11.0. The molecule has 1 heterocycles. The average Bonchev–Trinajstić information content (AvgIpc) is 2.80. The second-order valence-corrected chi connectivity index (χ2v) is 4.59. The summed E-state index contributed by atoms with van der Waals surface area (Å²) in [7, 11) is 2.74. The van der Waals surface area contributed by atoms with E-state index in [0.29, 0.717) is 5.69 Å². The molecule has 8 nitrogen and oxygen atoms in total. The molecule has 8 heteroatoms. The highest BCUT2D eigenvalue weighted by atomic mass is 16.5. The fourth-order valence-electron chi connectivity index (χ4n) is 1.67. The van der Waals surface area contributed by atoms with E-state index < -0.39 is 12.0 Å². The van der Waals surface area contributed by atoms with Crippen LogP contribution in [0.25, 0.3) is 0 Å². The molecule has 0 aliphatic rings. The predicted octanol–water partition coefficient (Wildman–Crippen LogP) is 0.297. The first-order valence-electron chi connectivity index (χ1n) is 6.24. The van der Waals surface area contributed by atoms with Crippen molar-refractivity contribution in [2.45, 2.75) is 39.5 Å². The SMILES string of the molecule is COCc1c(C(=O)OC)nnn1C(C)C(=O)NC(C)C. The largest absolute Gasteiger partial charge is 0.464 e. The lowest BCUT2D eigenvalue weighted by molar-refractivity contribution is -0.124. The zero-order chi connectivity index (χ0) is 15.3. The zero-order valence-corrected chi connectivity index (χ0v) is 12.3. The molecule has 1 N–H and O–H groups in total. The minimum atomic E-state index is -0.611. The number of aromatic nitrogens is 3. The van der Waals surface area contributed by atoms with E-state index in [4.69, 9.17) is 4.74 Å². The van der Waals surface area contributed by atoms with Gasteiger partial charge in [-0.15, -0.1) is 5.10 Å². The van der Waals surface area contributed by atoms with Crippen LogP contribution in [-0.2, 0) is 20.9 Å². The maximum Gasteiger partial charge on any atom is 0.360 e. The van der Waals surface area contributed by atoms with Crippen molar-refractivity contribution in [3.8, 4) is 0 Å². The Labute approximate surface area is 117 Å². The predicted molar refractivity (Wildman–Crippen MR) is 70.1 cm³/mol. The van der Waals surface area contributed by atoms with Gasteiger partial charge in [0.15, 0.2) is 5.69 Å². The van der Waals surface area contributed by atoms with Crippen molar-refractivity contribution in [2.24, 2.45) is 0 Å². The Morgan fingerprint density at radius 1 is 1.30 bits per heavy atom. The van der Waals surface area contributed by atoms with Crippen molar-refractivity contribution < 1.29 is 19.1 Å². The first-order chi connectivity index (χ1) is 9.42. The number of hydrogen-bond donors (Lipinski definition) is 1. The zero-order valence-electron chi connectivity index (χ0n) is 12.3. The van der Waals surface area contributed by atoms with Crippen LogP contribution in [0.5, 0.6) is 0 Å². The summed E-state index contributed by atoms with van der Waals surface area (Å²) in [5.74, 6) is -0.821. The number of nitrogens with one attached hydrogen (secondary N) is 1. The molecule has 1 aromatic rings. The van der Waals surface area contributed by atoms with Gasteiger partial charge in [0.2, 0.25) is 5.91 Å². The van der Waals surface area contributed by atoms with Gasteiger partial charge in [-0.25, -0.2) is 9.48 Å². The summed E-state index contributed by atoms with van der Waals surface area (Å²) in [6.45, 7) is 5.51. The number of rotatable bonds is 6. The second-order valence-electron chi connectivity index (χ2n) is 4.59. The number of amides is 1. The standard InChI is InChI=1S/C12H20N4O4/c1-7(2)13-11(17)8(3)16-9(6-19-4)10(14-15-16)12(18)20-5/h7-8H,6H2,1-5H3,(H,13,17). The van der Waals surface area contributed by atoms with Gasteiger partial charge >= 0.3 is 5.97 Å². The summed E-state index contributed by atoms with van der Waals surface area (Å²) >= 11 is 0. The van der Waals surface area contributed by atoms with E-state index >= 15 is 0 Å². The summed E-state index contributed by atoms with van der Waals surface area (Å²) in [4.78, 5) is 23.6. The van der Waals surface area contributed by atoms with Gasteiger partial charge in [-0.1, -0.05) is 5.21 Å². The summed E-state index contributed by atoms with van der Waals surface area (Å²) in [5.41, 5.74) is 0.462. The Hall–Kier alpha value is -1.96. The number of esters is 1. The fraction of sp³-hybridized carbons (Fsp3) is 0.667. The molecule has 0 aliphatic carbocycles. The van der Waals surface area contributed by atoms with Gasteiger partial charge < -0.3 is 14.8 Å². The molecule has 0 saturated carbocycles. The van der Waals surface area contributed by atoms with E-state index in [-0.39, 0.29) is 24.2 Å². The van der Waals surface area contributed by atoms with Gasteiger partial charge in [0.25, 0.3) is 0 Å². The molecule has 0 bridgehead atoms. The molecule has 112 valence electrons. The van der Waals surface area contributed by atoms with Gasteiger partial charge in [-0.2, -0.15) is 0 Å². The molecule has 1 aromatic heterocycles. The molecular weight excluding hydrogens is 264 g/mol. The van der Waals surface area contributed by atoms with Crippen molar-refractivity contribution in [2.75, 3.05) is 14.2 Å². The molecule has 0 radical (unpaired) electrons. The molecule has 20 heavy (non-hydrogen) atoms. The smallest absolute Gasteiger partial charge is 0.360 e. The molecule has 0 aromatic carbocycles. The van der Waals surface area contributed by atoms with Crippen LogP contribution in [0.2, 0.25) is 0 Å². The molecule has 1 amide bonds. The minimum absolute atomic E-state index is 0.0134. The number of nitrogens with zero attached hydrogens (tertiary/aromatic N) is 3. The lowest BCUT2D eigenvalue weighted by Gasteiger charge is -2.16. The van der Waals surface area contributed by atoms with Gasteiger partial charge in [0.1, 0.15) is 11.7 Å². The molecule has 0 fully saturated rings. The Bertz CT molecular complexity index is 484. The molecule has 0 saturated heterocycles. The highest BCUT2D eigenvalue weighted by molar-refractivity contribution is 5.88. The normalized spacial score (nSPS) is 12.3. The Kier molecular flexibility index (Phi) is 5.63. The van der Waals surface area contributed by atoms with Crippen LogP contribution < -0.4 is 5.32 Å². The van der Waals surface area contributed by atoms with E-state index in [9.17, 15) is 9.59 Å². The monoisotopic (exact) mass is 284 g/mol. The average molecular weight is 284 g/mol. The van der Waals surface area contributed by atoms with Gasteiger partial charge in [-0.05, 0) is 20.8 Å². The topological polar surface area (TPSA) is 95.3 Å². The van der Waals surface area contributed by atoms with Gasteiger partial charge in [0, 0.05) is 13.2 Å². The number of carbonyl (C=O) groups excluding carboxylic acids is 2. The van der Waals surface area contributed by atoms with Crippen LogP contribution in [0.1, 0.15) is 43.0 Å². The van der Waals surface area contributed by atoms with Crippen molar-refractivity contribution in [3.05, 3.63) is 11.4 Å². The van der Waals surface area contributed by atoms with Crippen LogP contribution in [0.15, 0.2) is 0 Å². The van der Waals surface area contributed by atoms with E-state index in [2.05, 4.69) is 20.4 Å². The van der Waals surface area contributed by atoms with Crippen molar-refractivity contribution in [3.63, 3.8) is 0 Å². The quantitative estimate of drug-likeness (QED) is 0.755. The van der Waals surface area contributed by atoms with Crippen molar-refractivity contribution >= 4 is 11.9 Å². The summed E-state index contributed by atoms with van der Waals surface area (Å²) in [5, 5.41) is 10.4. The first-order valence-corrected chi connectivity index (χ1v) is 6.24. The Morgan fingerprint density at radius 2 is 1.95 bits per heavy atom. The van der Waals surface area contributed by atoms with Crippen molar-refractivity contribution in [1.82, 2.24) is 20.3 Å². The third kappa shape index (κ3) is 3.53. The van der Waals surface area contributed by atoms with Crippen LogP contribution in [0, 0.1) is 0 Å². The summed E-state index contributed by atoms with van der Waals surface area (Å²) in [6, 6.07) is -0.590. The van der Waals surface area contributed by atoms with Gasteiger partial charge in [0.05, 0.1) is 13.7 Å². The van der Waals surface area contributed by atoms with E-state index in [0.717, 1.165) is 0 Å². The third-order valence-corrected chi connectivity index (χ3v) is 2.63. The molecule has 1 unspecified atom stereocenters. The molecule has 1 rings (SSSR count). The number of carbonyl (C=O) groups is 2. The van der Waals surface area contributed by atoms with Gasteiger partial charge in [-0.3, -0.25) is 4.79 Å². The molecule has 0 spiro atoms. The molecule has 1 atom stereocenters. The molecule has 0 aliphatic heterocycles. The van der Waals surface area contributed by atoms with E-state index in [1.807, 2.05) is 13.8 Å². The highest BCUT2D eigenvalue weighted by Crippen LogP contribution is 2.14. The number of hydrogen-bond acceptors (Lipinski definition) is 6.